The van der Waals surface area contributed by atoms with Crippen LogP contribution >= 0.6 is 0 Å². The summed E-state index contributed by atoms with van der Waals surface area (Å²) in [7, 11) is 0. The lowest BCUT2D eigenvalue weighted by atomic mass is 10.0. The van der Waals surface area contributed by atoms with Gasteiger partial charge >= 0.3 is 0 Å². The molecule has 0 aliphatic rings. The number of rotatable bonds is 4. The smallest absolute Gasteiger partial charge is 0.159 e. The third kappa shape index (κ3) is 2.47. The summed E-state index contributed by atoms with van der Waals surface area (Å²) in [6, 6.07) is 3.39. The number of aromatic amines is 1. The standard InChI is InChI=1S/C11H13F2N5/c12-8-2-1-6(3-9(8)13)4-10(17-15)7-5-16-18-11(7)14/h1-3,5,10,17H,4,15H2,(H3,14,16,18). The van der Waals surface area contributed by atoms with Crippen LogP contribution in [0.2, 0.25) is 0 Å². The third-order valence-corrected chi connectivity index (χ3v) is 2.70. The molecule has 0 fully saturated rings. The number of halogens is 2. The lowest BCUT2D eigenvalue weighted by molar-refractivity contribution is 0.502. The molecule has 0 aliphatic carbocycles. The molecule has 1 aromatic carbocycles. The molecular weight excluding hydrogens is 240 g/mol. The van der Waals surface area contributed by atoms with Crippen LogP contribution in [0.25, 0.3) is 0 Å². The molecule has 0 bridgehead atoms. The van der Waals surface area contributed by atoms with E-state index < -0.39 is 11.6 Å². The summed E-state index contributed by atoms with van der Waals surface area (Å²) < 4.78 is 25.9. The van der Waals surface area contributed by atoms with Crippen molar-refractivity contribution in [3.8, 4) is 0 Å². The highest BCUT2D eigenvalue weighted by molar-refractivity contribution is 5.40. The van der Waals surface area contributed by atoms with Gasteiger partial charge in [0.2, 0.25) is 0 Å². The molecule has 2 rings (SSSR count). The van der Waals surface area contributed by atoms with Crippen molar-refractivity contribution in [2.75, 3.05) is 5.73 Å². The number of nitrogens with one attached hydrogen (secondary N) is 2. The van der Waals surface area contributed by atoms with Crippen molar-refractivity contribution in [1.29, 1.82) is 0 Å². The SMILES string of the molecule is NNC(Cc1ccc(F)c(F)c1)c1cn[nH]c1N. The Balaban J connectivity index is 2.20. The first-order valence-corrected chi connectivity index (χ1v) is 5.30. The Bertz CT molecular complexity index is 540. The molecule has 0 spiro atoms. The van der Waals surface area contributed by atoms with Gasteiger partial charge in [-0.15, -0.1) is 0 Å². The lowest BCUT2D eigenvalue weighted by Gasteiger charge is -2.15. The van der Waals surface area contributed by atoms with Gasteiger partial charge in [0.1, 0.15) is 5.82 Å². The molecule has 1 heterocycles. The fraction of sp³-hybridized carbons (Fsp3) is 0.182. The zero-order chi connectivity index (χ0) is 13.1. The van der Waals surface area contributed by atoms with Crippen LogP contribution in [0.1, 0.15) is 17.2 Å². The van der Waals surface area contributed by atoms with Gasteiger partial charge in [0.05, 0.1) is 12.2 Å². The number of hydrogen-bond donors (Lipinski definition) is 4. The van der Waals surface area contributed by atoms with Gasteiger partial charge in [0, 0.05) is 5.56 Å². The van der Waals surface area contributed by atoms with Gasteiger partial charge in [-0.2, -0.15) is 5.10 Å². The summed E-state index contributed by atoms with van der Waals surface area (Å²) in [6.07, 6.45) is 1.91. The lowest BCUT2D eigenvalue weighted by Crippen LogP contribution is -2.29. The van der Waals surface area contributed by atoms with Crippen molar-refractivity contribution in [3.05, 3.63) is 47.2 Å². The van der Waals surface area contributed by atoms with Crippen molar-refractivity contribution >= 4 is 5.82 Å². The number of H-pyrrole nitrogens is 1. The summed E-state index contributed by atoms with van der Waals surface area (Å²) in [5.41, 5.74) is 9.54. The van der Waals surface area contributed by atoms with Crippen LogP contribution < -0.4 is 17.0 Å². The van der Waals surface area contributed by atoms with Gasteiger partial charge in [-0.25, -0.2) is 8.78 Å². The van der Waals surface area contributed by atoms with Crippen LogP contribution in [0.15, 0.2) is 24.4 Å². The van der Waals surface area contributed by atoms with Gasteiger partial charge in [0.25, 0.3) is 0 Å². The molecule has 7 heteroatoms. The normalized spacial score (nSPS) is 12.6. The Kier molecular flexibility index (Phi) is 3.54. The minimum absolute atomic E-state index is 0.325. The maximum Gasteiger partial charge on any atom is 0.159 e. The number of anilines is 1. The van der Waals surface area contributed by atoms with Crippen LogP contribution in [-0.4, -0.2) is 10.2 Å². The quantitative estimate of drug-likeness (QED) is 0.483. The monoisotopic (exact) mass is 253 g/mol. The van der Waals surface area contributed by atoms with Crippen LogP contribution in [0.4, 0.5) is 14.6 Å². The molecule has 0 radical (unpaired) electrons. The summed E-state index contributed by atoms with van der Waals surface area (Å²) in [5.74, 6) is 4.06. The molecule has 0 aliphatic heterocycles. The third-order valence-electron chi connectivity index (χ3n) is 2.70. The van der Waals surface area contributed by atoms with Crippen LogP contribution in [0.3, 0.4) is 0 Å². The first kappa shape index (κ1) is 12.5. The summed E-state index contributed by atoms with van der Waals surface area (Å²) in [4.78, 5) is 0. The molecular formula is C11H13F2N5. The summed E-state index contributed by atoms with van der Waals surface area (Å²) >= 11 is 0. The Morgan fingerprint density at radius 1 is 1.33 bits per heavy atom. The minimum Gasteiger partial charge on any atom is -0.384 e. The van der Waals surface area contributed by atoms with E-state index in [1.54, 1.807) is 6.20 Å². The van der Waals surface area contributed by atoms with Crippen molar-refractivity contribution in [3.63, 3.8) is 0 Å². The maximum atomic E-state index is 13.1. The van der Waals surface area contributed by atoms with Crippen molar-refractivity contribution in [1.82, 2.24) is 15.6 Å². The van der Waals surface area contributed by atoms with Crippen LogP contribution in [0, 0.1) is 11.6 Å². The second kappa shape index (κ2) is 5.11. The maximum absolute atomic E-state index is 13.1. The van der Waals surface area contributed by atoms with E-state index in [1.807, 2.05) is 0 Å². The second-order valence-corrected chi connectivity index (χ2v) is 3.91. The van der Waals surface area contributed by atoms with E-state index in [1.165, 1.54) is 6.07 Å². The van der Waals surface area contributed by atoms with Gasteiger partial charge in [-0.3, -0.25) is 16.4 Å². The Morgan fingerprint density at radius 3 is 2.67 bits per heavy atom. The van der Waals surface area contributed by atoms with Gasteiger partial charge in [0.15, 0.2) is 11.6 Å². The first-order valence-electron chi connectivity index (χ1n) is 5.30. The topological polar surface area (TPSA) is 92.7 Å². The van der Waals surface area contributed by atoms with Crippen LogP contribution in [-0.2, 0) is 6.42 Å². The highest BCUT2D eigenvalue weighted by Gasteiger charge is 2.16. The van der Waals surface area contributed by atoms with Crippen molar-refractivity contribution < 1.29 is 8.78 Å². The van der Waals surface area contributed by atoms with Crippen molar-refractivity contribution in [2.45, 2.75) is 12.5 Å². The number of aromatic nitrogens is 2. The molecule has 2 aromatic rings. The first-order chi connectivity index (χ1) is 8.61. The molecule has 1 atom stereocenters. The number of benzene rings is 1. The summed E-state index contributed by atoms with van der Waals surface area (Å²) in [5, 5.41) is 6.37. The number of hydrazine groups is 1. The van der Waals surface area contributed by atoms with E-state index in [4.69, 9.17) is 11.6 Å². The minimum atomic E-state index is -0.886. The van der Waals surface area contributed by atoms with E-state index in [0.29, 0.717) is 23.4 Å². The predicted octanol–water partition coefficient (Wildman–Crippen LogP) is 1.02. The number of nitrogen functional groups attached to an aromatic ring is 1. The van der Waals surface area contributed by atoms with E-state index in [2.05, 4.69) is 15.6 Å². The highest BCUT2D eigenvalue weighted by atomic mass is 19.2. The molecule has 5 nitrogen and oxygen atoms in total. The average Bonchev–Trinajstić information content (AvgIpc) is 2.77. The molecule has 0 amide bonds. The molecule has 96 valence electrons. The average molecular weight is 253 g/mol. The molecule has 1 aromatic heterocycles. The fourth-order valence-corrected chi connectivity index (χ4v) is 1.74. The Morgan fingerprint density at radius 2 is 2.11 bits per heavy atom. The highest BCUT2D eigenvalue weighted by Crippen LogP contribution is 2.22. The van der Waals surface area contributed by atoms with Crippen LogP contribution in [0.5, 0.6) is 0 Å². The molecule has 1 unspecified atom stereocenters. The zero-order valence-corrected chi connectivity index (χ0v) is 9.45. The van der Waals surface area contributed by atoms with E-state index in [-0.39, 0.29) is 6.04 Å². The Hall–Kier alpha value is -1.99. The molecule has 18 heavy (non-hydrogen) atoms. The second-order valence-electron chi connectivity index (χ2n) is 3.91. The number of hydrogen-bond acceptors (Lipinski definition) is 4. The van der Waals surface area contributed by atoms with Crippen molar-refractivity contribution in [2.24, 2.45) is 5.84 Å². The molecule has 0 saturated carbocycles. The number of nitrogens with two attached hydrogens (primary N) is 2. The van der Waals surface area contributed by atoms with Gasteiger partial charge < -0.3 is 5.73 Å². The fourth-order valence-electron chi connectivity index (χ4n) is 1.74. The summed E-state index contributed by atoms with van der Waals surface area (Å²) in [6.45, 7) is 0. The largest absolute Gasteiger partial charge is 0.384 e. The van der Waals surface area contributed by atoms with Gasteiger partial charge in [-0.05, 0) is 24.1 Å². The number of nitrogens with zero attached hydrogens (tertiary/aromatic N) is 1. The van der Waals surface area contributed by atoms with E-state index >= 15 is 0 Å². The predicted molar refractivity (Wildman–Crippen MR) is 63.1 cm³/mol. The van der Waals surface area contributed by atoms with E-state index in [9.17, 15) is 8.78 Å². The molecule has 0 saturated heterocycles. The Labute approximate surface area is 102 Å². The zero-order valence-electron chi connectivity index (χ0n) is 9.45. The van der Waals surface area contributed by atoms with Gasteiger partial charge in [-0.1, -0.05) is 6.07 Å². The van der Waals surface area contributed by atoms with E-state index in [0.717, 1.165) is 12.1 Å². The molecule has 6 N–H and O–H groups in total.